The van der Waals surface area contributed by atoms with Gasteiger partial charge in [0.1, 0.15) is 5.69 Å². The molecule has 1 aliphatic heterocycles. The predicted molar refractivity (Wildman–Crippen MR) is 90.1 cm³/mol. The highest BCUT2D eigenvalue weighted by Gasteiger charge is 2.27. The summed E-state index contributed by atoms with van der Waals surface area (Å²) in [5, 5.41) is 0. The summed E-state index contributed by atoms with van der Waals surface area (Å²) in [6.07, 6.45) is 2.98. The van der Waals surface area contributed by atoms with Crippen LogP contribution >= 0.6 is 0 Å². The fraction of sp³-hybridized carbons (Fsp3) is 0.222. The molecule has 0 atom stereocenters. The highest BCUT2D eigenvalue weighted by molar-refractivity contribution is 5.94. The van der Waals surface area contributed by atoms with E-state index in [4.69, 9.17) is 4.42 Å². The summed E-state index contributed by atoms with van der Waals surface area (Å²) in [5.74, 6) is 0.00567. The number of hydrogen-bond donors (Lipinski definition) is 0. The topological polar surface area (TPSA) is 79.5 Å². The number of para-hydroxylation sites is 2. The molecule has 3 heterocycles. The summed E-state index contributed by atoms with van der Waals surface area (Å²) in [7, 11) is 0. The lowest BCUT2D eigenvalue weighted by molar-refractivity contribution is 0.0515. The zero-order valence-corrected chi connectivity index (χ0v) is 13.5. The van der Waals surface area contributed by atoms with E-state index in [9.17, 15) is 9.59 Å². The Morgan fingerprint density at radius 2 is 1.56 bits per heavy atom. The molecule has 1 fully saturated rings. The van der Waals surface area contributed by atoms with Gasteiger partial charge in [-0.05, 0) is 24.3 Å². The molecular weight excluding hydrogens is 320 g/mol. The van der Waals surface area contributed by atoms with E-state index in [0.717, 1.165) is 5.52 Å². The summed E-state index contributed by atoms with van der Waals surface area (Å²) >= 11 is 0. The molecule has 0 saturated carbocycles. The summed E-state index contributed by atoms with van der Waals surface area (Å²) in [5.41, 5.74) is 1.78. The Balaban J connectivity index is 1.44. The van der Waals surface area contributed by atoms with Crippen molar-refractivity contribution < 1.29 is 14.0 Å². The van der Waals surface area contributed by atoms with Crippen LogP contribution in [0.15, 0.2) is 53.3 Å². The van der Waals surface area contributed by atoms with Crippen LogP contribution in [0, 0.1) is 0 Å². The van der Waals surface area contributed by atoms with Crippen molar-refractivity contribution >= 4 is 22.8 Å². The smallest absolute Gasteiger partial charge is 0.289 e. The van der Waals surface area contributed by atoms with Crippen molar-refractivity contribution in [2.75, 3.05) is 26.2 Å². The molecular formula is C18H16N4O3. The van der Waals surface area contributed by atoms with Crippen LogP contribution in [0.3, 0.4) is 0 Å². The van der Waals surface area contributed by atoms with Crippen LogP contribution < -0.4 is 0 Å². The number of carbonyl (C=O) groups excluding carboxylic acids is 2. The minimum atomic E-state index is -0.164. The standard InChI is InChI=1S/C18H16N4O3/c23-17(15-12-19-13-4-1-2-5-14(13)20-15)21-7-9-22(10-8-21)18(24)16-6-3-11-25-16/h1-6,11-12H,7-10H2. The van der Waals surface area contributed by atoms with Gasteiger partial charge in [0.15, 0.2) is 5.76 Å². The number of furan rings is 1. The maximum absolute atomic E-state index is 12.7. The Morgan fingerprint density at radius 3 is 2.24 bits per heavy atom. The Bertz CT molecular complexity index is 915. The Kier molecular flexibility index (Phi) is 3.89. The monoisotopic (exact) mass is 336 g/mol. The van der Waals surface area contributed by atoms with Crippen LogP contribution in [0.5, 0.6) is 0 Å². The molecule has 1 aliphatic rings. The second-order valence-electron chi connectivity index (χ2n) is 5.81. The number of aromatic nitrogens is 2. The van der Waals surface area contributed by atoms with Crippen molar-refractivity contribution in [3.8, 4) is 0 Å². The van der Waals surface area contributed by atoms with Crippen LogP contribution in [-0.4, -0.2) is 57.8 Å². The fourth-order valence-electron chi connectivity index (χ4n) is 2.89. The molecule has 0 radical (unpaired) electrons. The molecule has 7 heteroatoms. The summed E-state index contributed by atoms with van der Waals surface area (Å²) in [6.45, 7) is 1.85. The molecule has 1 aromatic carbocycles. The molecule has 2 aromatic heterocycles. The normalized spacial score (nSPS) is 14.7. The van der Waals surface area contributed by atoms with Gasteiger partial charge < -0.3 is 14.2 Å². The van der Waals surface area contributed by atoms with E-state index in [1.54, 1.807) is 21.9 Å². The van der Waals surface area contributed by atoms with Crippen molar-refractivity contribution in [2.45, 2.75) is 0 Å². The molecule has 1 saturated heterocycles. The first-order chi connectivity index (χ1) is 12.2. The average molecular weight is 336 g/mol. The first-order valence-electron chi connectivity index (χ1n) is 8.06. The minimum absolute atomic E-state index is 0.150. The third kappa shape index (κ3) is 2.96. The zero-order valence-electron chi connectivity index (χ0n) is 13.5. The van der Waals surface area contributed by atoms with E-state index in [1.807, 2.05) is 24.3 Å². The Labute approximate surface area is 143 Å². The number of piperazine rings is 1. The highest BCUT2D eigenvalue weighted by atomic mass is 16.3. The van der Waals surface area contributed by atoms with E-state index in [2.05, 4.69) is 9.97 Å². The summed E-state index contributed by atoms with van der Waals surface area (Å²) in [4.78, 5) is 37.0. The second-order valence-corrected chi connectivity index (χ2v) is 5.81. The Morgan fingerprint density at radius 1 is 0.880 bits per heavy atom. The molecule has 4 rings (SSSR count). The lowest BCUT2D eigenvalue weighted by Gasteiger charge is -2.34. The largest absolute Gasteiger partial charge is 0.459 e. The van der Waals surface area contributed by atoms with Gasteiger partial charge >= 0.3 is 0 Å². The molecule has 0 aliphatic carbocycles. The third-order valence-corrected chi connectivity index (χ3v) is 4.25. The molecule has 2 amide bonds. The highest BCUT2D eigenvalue weighted by Crippen LogP contribution is 2.13. The van der Waals surface area contributed by atoms with Crippen LogP contribution in [0.25, 0.3) is 11.0 Å². The van der Waals surface area contributed by atoms with Crippen LogP contribution in [0.2, 0.25) is 0 Å². The number of fused-ring (bicyclic) bond motifs is 1. The van der Waals surface area contributed by atoms with E-state index >= 15 is 0 Å². The van der Waals surface area contributed by atoms with E-state index in [0.29, 0.717) is 43.1 Å². The number of carbonyl (C=O) groups is 2. The molecule has 3 aromatic rings. The predicted octanol–water partition coefficient (Wildman–Crippen LogP) is 1.82. The van der Waals surface area contributed by atoms with Gasteiger partial charge in [-0.15, -0.1) is 0 Å². The number of amides is 2. The van der Waals surface area contributed by atoms with Gasteiger partial charge in [-0.25, -0.2) is 4.98 Å². The average Bonchev–Trinajstić information content (AvgIpc) is 3.21. The van der Waals surface area contributed by atoms with Crippen molar-refractivity contribution in [1.29, 1.82) is 0 Å². The third-order valence-electron chi connectivity index (χ3n) is 4.25. The zero-order chi connectivity index (χ0) is 17.2. The van der Waals surface area contributed by atoms with E-state index in [1.165, 1.54) is 12.5 Å². The van der Waals surface area contributed by atoms with Crippen molar-refractivity contribution in [3.05, 3.63) is 60.3 Å². The van der Waals surface area contributed by atoms with Crippen molar-refractivity contribution in [3.63, 3.8) is 0 Å². The molecule has 7 nitrogen and oxygen atoms in total. The molecule has 0 unspecified atom stereocenters. The maximum atomic E-state index is 12.7. The van der Waals surface area contributed by atoms with Crippen LogP contribution in [0.1, 0.15) is 21.0 Å². The van der Waals surface area contributed by atoms with Crippen molar-refractivity contribution in [1.82, 2.24) is 19.8 Å². The van der Waals surface area contributed by atoms with Gasteiger partial charge in [0.2, 0.25) is 0 Å². The van der Waals surface area contributed by atoms with Gasteiger partial charge in [-0.2, -0.15) is 0 Å². The molecule has 126 valence electrons. The lowest BCUT2D eigenvalue weighted by atomic mass is 10.2. The molecule has 0 spiro atoms. The van der Waals surface area contributed by atoms with Gasteiger partial charge in [-0.3, -0.25) is 14.6 Å². The minimum Gasteiger partial charge on any atom is -0.459 e. The molecule has 0 bridgehead atoms. The quantitative estimate of drug-likeness (QED) is 0.713. The number of nitrogens with zero attached hydrogens (tertiary/aromatic N) is 4. The van der Waals surface area contributed by atoms with Gasteiger partial charge in [0.05, 0.1) is 23.5 Å². The summed E-state index contributed by atoms with van der Waals surface area (Å²) < 4.78 is 5.14. The molecule has 25 heavy (non-hydrogen) atoms. The van der Waals surface area contributed by atoms with Gasteiger partial charge in [0.25, 0.3) is 11.8 Å². The maximum Gasteiger partial charge on any atom is 0.289 e. The van der Waals surface area contributed by atoms with Gasteiger partial charge in [0, 0.05) is 26.2 Å². The number of rotatable bonds is 2. The van der Waals surface area contributed by atoms with Crippen molar-refractivity contribution in [2.24, 2.45) is 0 Å². The van der Waals surface area contributed by atoms with Crippen LogP contribution in [0.4, 0.5) is 0 Å². The van der Waals surface area contributed by atoms with E-state index in [-0.39, 0.29) is 11.8 Å². The molecule has 0 N–H and O–H groups in total. The lowest BCUT2D eigenvalue weighted by Crippen LogP contribution is -2.50. The second kappa shape index (κ2) is 6.35. The number of benzene rings is 1. The summed E-state index contributed by atoms with van der Waals surface area (Å²) in [6, 6.07) is 10.8. The first kappa shape index (κ1) is 15.3. The Hall–Kier alpha value is -3.22. The van der Waals surface area contributed by atoms with E-state index < -0.39 is 0 Å². The first-order valence-corrected chi connectivity index (χ1v) is 8.06. The van der Waals surface area contributed by atoms with Gasteiger partial charge in [-0.1, -0.05) is 12.1 Å². The fourth-order valence-corrected chi connectivity index (χ4v) is 2.89. The van der Waals surface area contributed by atoms with Crippen LogP contribution in [-0.2, 0) is 0 Å². The number of hydrogen-bond acceptors (Lipinski definition) is 5. The SMILES string of the molecule is O=C(c1cnc2ccccc2n1)N1CCN(C(=O)c2ccco2)CC1.